The average molecular weight is 483 g/mol. The van der Waals surface area contributed by atoms with E-state index in [1.54, 1.807) is 6.20 Å². The second-order valence-electron chi connectivity index (χ2n) is 8.38. The highest BCUT2D eigenvalue weighted by Gasteiger charge is 2.50. The molecule has 1 amide bonds. The monoisotopic (exact) mass is 482 g/mol. The van der Waals surface area contributed by atoms with Crippen LogP contribution in [-0.2, 0) is 10.2 Å². The number of amidine groups is 1. The molecule has 5 nitrogen and oxygen atoms in total. The molecule has 4 rings (SSSR count). The van der Waals surface area contributed by atoms with Crippen molar-refractivity contribution in [1.29, 1.82) is 0 Å². The standard InChI is InChI=1S/C25H29N3O2.BrH/c1-18-27-14-15-28(18)23(29)17-19-12-13-22(16-19)25(24(26)30,20-8-4-2-5-9-20)21-10-6-3-7-11-21;/h2-11,14-15,19,22-23,29H,12-13,16-17H2,1H3,(H2,26,30);1H/q+1;/p-1/t19-,22+,23?;/m1./s1. The number of hydrogen-bond donors (Lipinski definition) is 2. The predicted octanol–water partition coefficient (Wildman–Crippen LogP) is 0.128. The maximum Gasteiger partial charge on any atom is 0.297 e. The lowest BCUT2D eigenvalue weighted by Crippen LogP contribution is -3.00. The number of halogens is 1. The van der Waals surface area contributed by atoms with Crippen LogP contribution in [0.4, 0.5) is 0 Å². The summed E-state index contributed by atoms with van der Waals surface area (Å²) in [5, 5.41) is 10.7. The van der Waals surface area contributed by atoms with Gasteiger partial charge in [-0.05, 0) is 42.2 Å². The van der Waals surface area contributed by atoms with E-state index >= 15 is 0 Å². The Morgan fingerprint density at radius 1 is 1.13 bits per heavy atom. The van der Waals surface area contributed by atoms with Gasteiger partial charge >= 0.3 is 0 Å². The van der Waals surface area contributed by atoms with Crippen LogP contribution in [0, 0.1) is 11.8 Å². The maximum atomic E-state index is 13.1. The summed E-state index contributed by atoms with van der Waals surface area (Å²) in [6.07, 6.45) is 6.26. The van der Waals surface area contributed by atoms with Crippen LogP contribution in [0.15, 0.2) is 73.1 Å². The Labute approximate surface area is 194 Å². The molecule has 1 saturated carbocycles. The molecule has 0 saturated heterocycles. The summed E-state index contributed by atoms with van der Waals surface area (Å²) >= 11 is 0. The van der Waals surface area contributed by atoms with Gasteiger partial charge in [0.05, 0.1) is 0 Å². The van der Waals surface area contributed by atoms with Gasteiger partial charge in [0.15, 0.2) is 12.4 Å². The third kappa shape index (κ3) is 4.32. The predicted molar refractivity (Wildman–Crippen MR) is 118 cm³/mol. The van der Waals surface area contributed by atoms with Crippen molar-refractivity contribution in [2.45, 2.75) is 44.2 Å². The molecule has 1 aliphatic heterocycles. The highest BCUT2D eigenvalue weighted by atomic mass is 79.9. The van der Waals surface area contributed by atoms with Crippen LogP contribution < -0.4 is 27.7 Å². The molecule has 0 bridgehead atoms. The minimum absolute atomic E-state index is 0. The largest absolute Gasteiger partial charge is 1.00 e. The van der Waals surface area contributed by atoms with E-state index in [2.05, 4.69) is 4.99 Å². The molecular weight excluding hydrogens is 454 g/mol. The van der Waals surface area contributed by atoms with Crippen LogP contribution in [0.2, 0.25) is 0 Å². The van der Waals surface area contributed by atoms with Gasteiger partial charge in [-0.25, -0.2) is 4.90 Å². The van der Waals surface area contributed by atoms with E-state index in [1.165, 1.54) is 0 Å². The SMILES string of the molecule is CC1=[N+]C=CN1C(O)C[C@@H]1CC[C@H](C(C(N)=O)(c2ccccc2)c2ccccc2)C1.[Br-]. The number of nitrogens with two attached hydrogens (primary N) is 1. The molecule has 2 aliphatic rings. The molecule has 1 heterocycles. The second-order valence-corrected chi connectivity index (χ2v) is 8.38. The molecular formula is C25H29BrN3O2. The van der Waals surface area contributed by atoms with Gasteiger partial charge in [0, 0.05) is 13.3 Å². The van der Waals surface area contributed by atoms with Gasteiger partial charge in [0.25, 0.3) is 5.84 Å². The normalized spacial score (nSPS) is 21.5. The lowest BCUT2D eigenvalue weighted by Gasteiger charge is -2.38. The Bertz CT molecular complexity index is 906. The van der Waals surface area contributed by atoms with E-state index in [-0.39, 0.29) is 28.8 Å². The van der Waals surface area contributed by atoms with Gasteiger partial charge in [0.1, 0.15) is 11.6 Å². The molecule has 6 heteroatoms. The Kier molecular flexibility index (Phi) is 7.34. The van der Waals surface area contributed by atoms with Gasteiger partial charge in [-0.2, -0.15) is 0 Å². The zero-order chi connectivity index (χ0) is 21.1. The van der Waals surface area contributed by atoms with Crippen LogP contribution >= 0.6 is 0 Å². The third-order valence-corrected chi connectivity index (χ3v) is 6.73. The van der Waals surface area contributed by atoms with E-state index in [9.17, 15) is 9.90 Å². The van der Waals surface area contributed by atoms with Crippen molar-refractivity contribution >= 4 is 11.7 Å². The number of hydrogen-bond acceptors (Lipinski definition) is 4. The Hall–Kier alpha value is -2.44. The van der Waals surface area contributed by atoms with Gasteiger partial charge in [-0.3, -0.25) is 4.79 Å². The fourth-order valence-corrected chi connectivity index (χ4v) is 5.32. The number of carbonyl (C=O) groups excluding carboxylic acids is 1. The first-order valence-electron chi connectivity index (χ1n) is 10.6. The number of nitrogens with zero attached hydrogens (tertiary/aromatic N) is 2. The summed E-state index contributed by atoms with van der Waals surface area (Å²) in [6.45, 7) is 1.89. The van der Waals surface area contributed by atoms with E-state index in [0.717, 1.165) is 36.2 Å². The molecule has 3 atom stereocenters. The zero-order valence-electron chi connectivity index (χ0n) is 17.7. The molecule has 163 valence electrons. The number of carbonyl (C=O) groups is 1. The highest BCUT2D eigenvalue weighted by molar-refractivity contribution is 5.91. The van der Waals surface area contributed by atoms with Gasteiger partial charge < -0.3 is 27.8 Å². The zero-order valence-corrected chi connectivity index (χ0v) is 19.3. The molecule has 1 fully saturated rings. The fourth-order valence-electron chi connectivity index (χ4n) is 5.32. The summed E-state index contributed by atoms with van der Waals surface area (Å²) in [6, 6.07) is 19.8. The number of aliphatic imine (C=N–C) groups is 1. The summed E-state index contributed by atoms with van der Waals surface area (Å²) in [5.74, 6) is 0.896. The van der Waals surface area contributed by atoms with Crippen molar-refractivity contribution in [2.75, 3.05) is 0 Å². The van der Waals surface area contributed by atoms with Gasteiger partial charge in [-0.1, -0.05) is 65.7 Å². The second kappa shape index (κ2) is 9.79. The lowest BCUT2D eigenvalue weighted by molar-refractivity contribution is -0.123. The molecule has 2 aromatic rings. The van der Waals surface area contributed by atoms with Crippen molar-refractivity contribution in [3.63, 3.8) is 0 Å². The molecule has 0 spiro atoms. The van der Waals surface area contributed by atoms with Crippen LogP contribution in [0.25, 0.3) is 0 Å². The number of amides is 1. The Balaban J connectivity index is 0.00000272. The smallest absolute Gasteiger partial charge is 0.297 e. The molecule has 1 aliphatic carbocycles. The first kappa shape index (κ1) is 23.2. The minimum Gasteiger partial charge on any atom is -1.00 e. The summed E-state index contributed by atoms with van der Waals surface area (Å²) in [7, 11) is 0. The first-order chi connectivity index (χ1) is 14.5. The quantitative estimate of drug-likeness (QED) is 0.588. The summed E-state index contributed by atoms with van der Waals surface area (Å²) in [5.41, 5.74) is 7.18. The maximum absolute atomic E-state index is 13.1. The van der Waals surface area contributed by atoms with E-state index in [0.29, 0.717) is 12.3 Å². The van der Waals surface area contributed by atoms with Crippen molar-refractivity contribution in [3.8, 4) is 0 Å². The van der Waals surface area contributed by atoms with Gasteiger partial charge in [-0.15, -0.1) is 0 Å². The summed E-state index contributed by atoms with van der Waals surface area (Å²) < 4.78 is 0. The van der Waals surface area contributed by atoms with Crippen molar-refractivity contribution < 1.29 is 26.9 Å². The number of aliphatic hydroxyl groups is 1. The minimum atomic E-state index is -0.868. The molecule has 1 unspecified atom stereocenters. The molecule has 3 N–H and O–H groups in total. The van der Waals surface area contributed by atoms with Crippen molar-refractivity contribution in [3.05, 3.63) is 84.2 Å². The summed E-state index contributed by atoms with van der Waals surface area (Å²) in [4.78, 5) is 19.1. The number of primary amides is 1. The lowest BCUT2D eigenvalue weighted by atomic mass is 9.64. The third-order valence-electron chi connectivity index (χ3n) is 6.73. The van der Waals surface area contributed by atoms with Crippen molar-refractivity contribution in [1.82, 2.24) is 9.89 Å². The van der Waals surface area contributed by atoms with Crippen LogP contribution in [-0.4, -0.2) is 28.0 Å². The molecule has 31 heavy (non-hydrogen) atoms. The molecule has 0 aromatic heterocycles. The Morgan fingerprint density at radius 2 is 1.71 bits per heavy atom. The topological polar surface area (TPSA) is 80.7 Å². The number of rotatable bonds is 7. The van der Waals surface area contributed by atoms with E-state index < -0.39 is 11.6 Å². The highest BCUT2D eigenvalue weighted by Crippen LogP contribution is 2.49. The Morgan fingerprint density at radius 3 is 2.19 bits per heavy atom. The number of benzene rings is 2. The first-order valence-corrected chi connectivity index (χ1v) is 10.6. The fraction of sp³-hybridized carbons (Fsp3) is 0.360. The molecule has 1 radical (unpaired) electrons. The number of aliphatic hydroxyl groups excluding tert-OH is 1. The van der Waals surface area contributed by atoms with Crippen molar-refractivity contribution in [2.24, 2.45) is 17.6 Å². The van der Waals surface area contributed by atoms with E-state index in [1.807, 2.05) is 78.7 Å². The van der Waals surface area contributed by atoms with E-state index in [4.69, 9.17) is 5.73 Å². The van der Waals surface area contributed by atoms with Gasteiger partial charge in [0.2, 0.25) is 5.91 Å². The molecule has 2 aromatic carbocycles. The van der Waals surface area contributed by atoms with Crippen LogP contribution in [0.3, 0.4) is 0 Å². The van der Waals surface area contributed by atoms with Crippen LogP contribution in [0.5, 0.6) is 0 Å². The average Bonchev–Trinajstić information content (AvgIpc) is 3.39. The van der Waals surface area contributed by atoms with Crippen LogP contribution in [0.1, 0.15) is 43.7 Å².